The zero-order chi connectivity index (χ0) is 9.99. The number of nitroso groups, excluding NO2 is 1. The smallest absolute Gasteiger partial charge is 0.428 e. The highest BCUT2D eigenvalue weighted by atomic mass is 19.4. The quantitative estimate of drug-likeness (QED) is 0.484. The second kappa shape index (κ2) is 3.08. The predicted octanol–water partition coefficient (Wildman–Crippen LogP) is 1.59. The van der Waals surface area contributed by atoms with Crippen molar-refractivity contribution in [3.05, 3.63) is 4.91 Å². The molecule has 4 nitrogen and oxygen atoms in total. The van der Waals surface area contributed by atoms with E-state index in [0.717, 1.165) is 13.8 Å². The molecule has 12 heavy (non-hydrogen) atoms. The number of hydrogen-bond acceptors (Lipinski definition) is 4. The fourth-order valence-corrected chi connectivity index (χ4v) is 0.303. The third-order valence-corrected chi connectivity index (χ3v) is 0.794. The van der Waals surface area contributed by atoms with Crippen molar-refractivity contribution in [2.45, 2.75) is 25.7 Å². The molecule has 0 amide bonds. The van der Waals surface area contributed by atoms with E-state index in [0.29, 0.717) is 0 Å². The van der Waals surface area contributed by atoms with E-state index in [2.05, 4.69) is 9.91 Å². The van der Waals surface area contributed by atoms with Gasteiger partial charge in [0.25, 0.3) is 0 Å². The van der Waals surface area contributed by atoms with Gasteiger partial charge in [-0.05, 0) is 19.0 Å². The molecule has 0 fully saturated rings. The van der Waals surface area contributed by atoms with E-state index in [1.54, 1.807) is 0 Å². The van der Waals surface area contributed by atoms with E-state index in [4.69, 9.17) is 0 Å². The van der Waals surface area contributed by atoms with Crippen molar-refractivity contribution in [2.75, 3.05) is 0 Å². The van der Waals surface area contributed by atoms with Gasteiger partial charge < -0.3 is 4.74 Å². The molecule has 0 bridgehead atoms. The summed E-state index contributed by atoms with van der Waals surface area (Å²) >= 11 is 0. The molecule has 0 saturated carbocycles. The van der Waals surface area contributed by atoms with Gasteiger partial charge in [0.2, 0.25) is 5.72 Å². The summed E-state index contributed by atoms with van der Waals surface area (Å²) in [6, 6.07) is 0. The van der Waals surface area contributed by atoms with Gasteiger partial charge in [-0.25, -0.2) is 4.79 Å². The van der Waals surface area contributed by atoms with Gasteiger partial charge in [-0.1, -0.05) is 0 Å². The van der Waals surface area contributed by atoms with E-state index in [1.165, 1.54) is 0 Å². The van der Waals surface area contributed by atoms with Crippen LogP contribution in [0.1, 0.15) is 13.8 Å². The summed E-state index contributed by atoms with van der Waals surface area (Å²) in [5, 5.41) is 2.18. The van der Waals surface area contributed by atoms with Crippen LogP contribution in [0.5, 0.6) is 0 Å². The molecule has 0 heterocycles. The van der Waals surface area contributed by atoms with Crippen LogP contribution in [0.15, 0.2) is 5.18 Å². The van der Waals surface area contributed by atoms with Gasteiger partial charge in [-0.2, -0.15) is 13.2 Å². The van der Waals surface area contributed by atoms with E-state index < -0.39 is 17.9 Å². The molecule has 70 valence electrons. The highest BCUT2D eigenvalue weighted by Crippen LogP contribution is 2.21. The lowest BCUT2D eigenvalue weighted by molar-refractivity contribution is -0.210. The van der Waals surface area contributed by atoms with Crippen LogP contribution in [0.2, 0.25) is 0 Å². The Hall–Kier alpha value is -1.14. The Morgan fingerprint density at radius 1 is 1.33 bits per heavy atom. The van der Waals surface area contributed by atoms with Crippen LogP contribution in [-0.4, -0.2) is 17.9 Å². The summed E-state index contributed by atoms with van der Waals surface area (Å²) in [4.78, 5) is 19.9. The van der Waals surface area contributed by atoms with Crippen molar-refractivity contribution in [3.63, 3.8) is 0 Å². The number of nitrogens with zero attached hydrogens (tertiary/aromatic N) is 1. The number of carbonyl (C=O) groups excluding carboxylic acids is 1. The van der Waals surface area contributed by atoms with Crippen molar-refractivity contribution in [2.24, 2.45) is 5.18 Å². The normalized spacial score (nSPS) is 12.4. The monoisotopic (exact) mass is 185 g/mol. The van der Waals surface area contributed by atoms with Gasteiger partial charge in [-0.15, -0.1) is 4.91 Å². The topological polar surface area (TPSA) is 55.7 Å². The number of hydrogen-bond donors (Lipinski definition) is 0. The Balaban J connectivity index is 4.29. The molecule has 0 unspecified atom stereocenters. The molecule has 0 aromatic heterocycles. The first kappa shape index (κ1) is 10.9. The Bertz CT molecular complexity index is 199. The molecule has 0 aliphatic carbocycles. The number of halogens is 3. The van der Waals surface area contributed by atoms with Crippen LogP contribution in [0.25, 0.3) is 0 Å². The minimum Gasteiger partial charge on any atom is -0.428 e. The summed E-state index contributed by atoms with van der Waals surface area (Å²) in [7, 11) is 0. The standard InChI is InChI=1S/C5H6F3NO3/c1-4(2,9-11)12-3(10)5(6,7)8/h1-2H3. The average molecular weight is 185 g/mol. The number of carbonyl (C=O) groups is 1. The summed E-state index contributed by atoms with van der Waals surface area (Å²) in [6.45, 7) is 1.90. The molecular formula is C5H6F3NO3. The maximum Gasteiger partial charge on any atom is 0.491 e. The van der Waals surface area contributed by atoms with Gasteiger partial charge in [0.05, 0.1) is 0 Å². The van der Waals surface area contributed by atoms with Crippen LogP contribution < -0.4 is 0 Å². The zero-order valence-corrected chi connectivity index (χ0v) is 6.31. The molecule has 0 rings (SSSR count). The largest absolute Gasteiger partial charge is 0.491 e. The van der Waals surface area contributed by atoms with Crippen molar-refractivity contribution in [1.29, 1.82) is 0 Å². The van der Waals surface area contributed by atoms with Gasteiger partial charge in [0, 0.05) is 0 Å². The molecule has 7 heteroatoms. The molecule has 0 aliphatic rings. The predicted molar refractivity (Wildman–Crippen MR) is 32.0 cm³/mol. The lowest BCUT2D eigenvalue weighted by Gasteiger charge is -2.16. The summed E-state index contributed by atoms with van der Waals surface area (Å²) in [6.07, 6.45) is -5.10. The highest BCUT2D eigenvalue weighted by molar-refractivity contribution is 5.76. The minimum absolute atomic E-state index is 0.948. The first-order chi connectivity index (χ1) is 5.19. The third-order valence-electron chi connectivity index (χ3n) is 0.794. The van der Waals surface area contributed by atoms with Crippen molar-refractivity contribution in [1.82, 2.24) is 0 Å². The van der Waals surface area contributed by atoms with Crippen molar-refractivity contribution in [3.8, 4) is 0 Å². The third kappa shape index (κ3) is 3.31. The molecule has 0 aromatic carbocycles. The summed E-state index contributed by atoms with van der Waals surface area (Å²) < 4.78 is 38.2. The van der Waals surface area contributed by atoms with Crippen molar-refractivity contribution < 1.29 is 22.7 Å². The van der Waals surface area contributed by atoms with Gasteiger partial charge >= 0.3 is 12.1 Å². The van der Waals surface area contributed by atoms with Crippen LogP contribution in [0.3, 0.4) is 0 Å². The SMILES string of the molecule is CC(C)(N=O)OC(=O)C(F)(F)F. The Morgan fingerprint density at radius 2 is 1.75 bits per heavy atom. The lowest BCUT2D eigenvalue weighted by atomic mass is 10.3. The second-order valence-electron chi connectivity index (χ2n) is 2.43. The fourth-order valence-electron chi connectivity index (χ4n) is 0.303. The van der Waals surface area contributed by atoms with E-state index >= 15 is 0 Å². The second-order valence-corrected chi connectivity index (χ2v) is 2.43. The first-order valence-corrected chi connectivity index (χ1v) is 2.84. The van der Waals surface area contributed by atoms with E-state index in [-0.39, 0.29) is 0 Å². The van der Waals surface area contributed by atoms with Crippen LogP contribution in [-0.2, 0) is 9.53 Å². The van der Waals surface area contributed by atoms with Crippen LogP contribution in [0, 0.1) is 4.91 Å². The number of esters is 1. The molecule has 0 atom stereocenters. The molecule has 0 radical (unpaired) electrons. The lowest BCUT2D eigenvalue weighted by Crippen LogP contribution is -2.34. The number of ether oxygens (including phenoxy) is 1. The summed E-state index contributed by atoms with van der Waals surface area (Å²) in [5.41, 5.74) is -1.98. The maximum atomic E-state index is 11.5. The Kier molecular flexibility index (Phi) is 2.78. The highest BCUT2D eigenvalue weighted by Gasteiger charge is 2.44. The van der Waals surface area contributed by atoms with Crippen LogP contribution in [0.4, 0.5) is 13.2 Å². The Labute approximate surface area is 65.7 Å². The first-order valence-electron chi connectivity index (χ1n) is 2.84. The van der Waals surface area contributed by atoms with Gasteiger partial charge in [-0.3, -0.25) is 0 Å². The fraction of sp³-hybridized carbons (Fsp3) is 0.800. The van der Waals surface area contributed by atoms with E-state index in [1.807, 2.05) is 0 Å². The average Bonchev–Trinajstić information content (AvgIpc) is 1.85. The maximum absolute atomic E-state index is 11.5. The summed E-state index contributed by atoms with van der Waals surface area (Å²) in [5.74, 6) is -2.42. The molecular weight excluding hydrogens is 179 g/mol. The molecule has 0 spiro atoms. The molecule has 0 aliphatic heterocycles. The zero-order valence-electron chi connectivity index (χ0n) is 6.31. The van der Waals surface area contributed by atoms with Crippen LogP contribution >= 0.6 is 0 Å². The number of alkyl halides is 3. The minimum atomic E-state index is -5.10. The Morgan fingerprint density at radius 3 is 2.00 bits per heavy atom. The molecule has 0 aromatic rings. The number of rotatable bonds is 2. The molecule has 0 saturated heterocycles. The van der Waals surface area contributed by atoms with Crippen molar-refractivity contribution >= 4 is 5.97 Å². The molecule has 0 N–H and O–H groups in total. The van der Waals surface area contributed by atoms with Gasteiger partial charge in [0.1, 0.15) is 0 Å². The van der Waals surface area contributed by atoms with Gasteiger partial charge in [0.15, 0.2) is 0 Å². The van der Waals surface area contributed by atoms with E-state index in [9.17, 15) is 22.9 Å².